The van der Waals surface area contributed by atoms with Crippen molar-refractivity contribution in [1.82, 2.24) is 0 Å². The molecule has 0 aromatic heterocycles. The van der Waals surface area contributed by atoms with Crippen LogP contribution in [0.25, 0.3) is 0 Å². The van der Waals surface area contributed by atoms with Crippen LogP contribution in [0.4, 0.5) is 0 Å². The summed E-state index contributed by atoms with van der Waals surface area (Å²) in [6.07, 6.45) is 12.1. The van der Waals surface area contributed by atoms with Crippen LogP contribution in [-0.2, 0) is 18.9 Å². The van der Waals surface area contributed by atoms with Crippen LogP contribution in [0.1, 0.15) is 51.4 Å². The van der Waals surface area contributed by atoms with Crippen molar-refractivity contribution in [2.75, 3.05) is 26.4 Å². The van der Waals surface area contributed by atoms with E-state index >= 15 is 0 Å². The third kappa shape index (κ3) is 5.60. The topological polar surface area (TPSA) is 43.5 Å². The van der Waals surface area contributed by atoms with Gasteiger partial charge in [-0.2, -0.15) is 11.8 Å². The molecule has 2 atom stereocenters. The van der Waals surface area contributed by atoms with Gasteiger partial charge < -0.3 is 18.9 Å². The molecule has 2 aliphatic carbocycles. The highest BCUT2D eigenvalue weighted by Crippen LogP contribution is 2.38. The van der Waals surface area contributed by atoms with E-state index in [0.717, 1.165) is 36.9 Å². The molecule has 2 heterocycles. The van der Waals surface area contributed by atoms with E-state index in [1.54, 1.807) is 0 Å². The Bertz CT molecular complexity index is 322. The van der Waals surface area contributed by atoms with Crippen molar-refractivity contribution < 1.29 is 18.9 Å². The zero-order valence-corrected chi connectivity index (χ0v) is 14.8. The number of thioether (sulfide) groups is 1. The molecule has 2 saturated heterocycles. The molecule has 0 aromatic carbocycles. The lowest BCUT2D eigenvalue weighted by Crippen LogP contribution is -2.28. The van der Waals surface area contributed by atoms with Gasteiger partial charge in [0.25, 0.3) is 0 Å². The quantitative estimate of drug-likeness (QED) is 0.634. The maximum Gasteiger partial charge on any atom is 0.104 e. The standard InChI is InChI=1S/C18H30O4S/c1-5-17(6-2-13(1)19-9-15-11-21-15)23-18-7-3-14(4-8-18)20-10-16-12-22-16/h13-18H,1-12H2. The molecule has 0 N–H and O–H groups in total. The fourth-order valence-electron chi connectivity index (χ4n) is 3.76. The molecule has 0 bridgehead atoms. The first-order valence-electron chi connectivity index (χ1n) is 9.47. The molecule has 132 valence electrons. The monoisotopic (exact) mass is 342 g/mol. The van der Waals surface area contributed by atoms with Crippen LogP contribution < -0.4 is 0 Å². The van der Waals surface area contributed by atoms with E-state index in [0.29, 0.717) is 24.4 Å². The SMILES string of the molecule is C1CC(SC2CCC(OCC3CO3)CC2)CCC1OCC1CO1. The normalized spacial score (nSPS) is 43.3. The summed E-state index contributed by atoms with van der Waals surface area (Å²) in [6, 6.07) is 0. The second kappa shape index (κ2) is 8.05. The van der Waals surface area contributed by atoms with Crippen LogP contribution in [0.15, 0.2) is 0 Å². The average molecular weight is 343 g/mol. The molecule has 0 spiro atoms. The predicted octanol–water partition coefficient (Wildman–Crippen LogP) is 3.17. The van der Waals surface area contributed by atoms with Gasteiger partial charge >= 0.3 is 0 Å². The first kappa shape index (κ1) is 16.6. The van der Waals surface area contributed by atoms with Gasteiger partial charge in [0.1, 0.15) is 12.2 Å². The minimum absolute atomic E-state index is 0.408. The molecule has 0 aromatic rings. The lowest BCUT2D eigenvalue weighted by Gasteiger charge is -2.33. The number of epoxide rings is 2. The molecular formula is C18H30O4S. The van der Waals surface area contributed by atoms with Crippen LogP contribution in [0.2, 0.25) is 0 Å². The summed E-state index contributed by atoms with van der Waals surface area (Å²) >= 11 is 2.26. The summed E-state index contributed by atoms with van der Waals surface area (Å²) in [5, 5.41) is 1.71. The van der Waals surface area contributed by atoms with Crippen molar-refractivity contribution in [2.24, 2.45) is 0 Å². The van der Waals surface area contributed by atoms with E-state index in [4.69, 9.17) is 18.9 Å². The van der Waals surface area contributed by atoms with Crippen molar-refractivity contribution in [2.45, 2.75) is 86.3 Å². The Labute approximate surface area is 143 Å². The summed E-state index contributed by atoms with van der Waals surface area (Å²) < 4.78 is 22.3. The van der Waals surface area contributed by atoms with Crippen LogP contribution in [-0.4, -0.2) is 61.3 Å². The molecule has 2 aliphatic heterocycles. The number of ether oxygens (including phenoxy) is 4. The van der Waals surface area contributed by atoms with Crippen LogP contribution in [0.3, 0.4) is 0 Å². The molecule has 4 rings (SSSR count). The van der Waals surface area contributed by atoms with Crippen molar-refractivity contribution in [1.29, 1.82) is 0 Å². The van der Waals surface area contributed by atoms with Crippen LogP contribution in [0, 0.1) is 0 Å². The summed E-state index contributed by atoms with van der Waals surface area (Å²) in [4.78, 5) is 0. The van der Waals surface area contributed by atoms with E-state index in [1.165, 1.54) is 51.4 Å². The Morgan fingerprint density at radius 2 is 1.04 bits per heavy atom. The summed E-state index contributed by atoms with van der Waals surface area (Å²) in [6.45, 7) is 3.45. The first-order chi connectivity index (χ1) is 11.3. The van der Waals surface area contributed by atoms with Gasteiger partial charge in [-0.05, 0) is 51.4 Å². The van der Waals surface area contributed by atoms with Crippen molar-refractivity contribution in [3.05, 3.63) is 0 Å². The van der Waals surface area contributed by atoms with Gasteiger partial charge in [-0.1, -0.05) is 0 Å². The third-order valence-corrected chi connectivity index (χ3v) is 7.18. The Morgan fingerprint density at radius 1 is 0.652 bits per heavy atom. The smallest absolute Gasteiger partial charge is 0.104 e. The molecule has 5 heteroatoms. The van der Waals surface area contributed by atoms with Crippen molar-refractivity contribution in [3.63, 3.8) is 0 Å². The third-order valence-electron chi connectivity index (χ3n) is 5.47. The summed E-state index contributed by atoms with van der Waals surface area (Å²) in [5.74, 6) is 0. The lowest BCUT2D eigenvalue weighted by atomic mass is 9.96. The van der Waals surface area contributed by atoms with E-state index < -0.39 is 0 Å². The van der Waals surface area contributed by atoms with Crippen LogP contribution in [0.5, 0.6) is 0 Å². The minimum atomic E-state index is 0.408. The number of hydrogen-bond acceptors (Lipinski definition) is 5. The van der Waals surface area contributed by atoms with Crippen LogP contribution >= 0.6 is 11.8 Å². The van der Waals surface area contributed by atoms with Gasteiger partial charge in [0.2, 0.25) is 0 Å². The fourth-order valence-corrected chi connectivity index (χ4v) is 5.39. The lowest BCUT2D eigenvalue weighted by molar-refractivity contribution is 0.0195. The Balaban J connectivity index is 1.08. The van der Waals surface area contributed by atoms with Gasteiger partial charge in [0, 0.05) is 10.5 Å². The first-order valence-corrected chi connectivity index (χ1v) is 10.4. The van der Waals surface area contributed by atoms with E-state index in [-0.39, 0.29) is 0 Å². The van der Waals surface area contributed by atoms with Gasteiger partial charge in [0.15, 0.2) is 0 Å². The molecule has 0 radical (unpaired) electrons. The Morgan fingerprint density at radius 3 is 1.39 bits per heavy atom. The van der Waals surface area contributed by atoms with Gasteiger partial charge in [-0.3, -0.25) is 0 Å². The molecule has 23 heavy (non-hydrogen) atoms. The zero-order chi connectivity index (χ0) is 15.5. The number of rotatable bonds is 8. The second-order valence-electron chi connectivity index (χ2n) is 7.51. The van der Waals surface area contributed by atoms with E-state index in [9.17, 15) is 0 Å². The molecule has 2 saturated carbocycles. The molecule has 0 amide bonds. The highest BCUT2D eigenvalue weighted by Gasteiger charge is 2.30. The molecule has 4 aliphatic rings. The van der Waals surface area contributed by atoms with Gasteiger partial charge in [-0.25, -0.2) is 0 Å². The van der Waals surface area contributed by atoms with Crippen molar-refractivity contribution in [3.8, 4) is 0 Å². The summed E-state index contributed by atoms with van der Waals surface area (Å²) in [5.41, 5.74) is 0. The highest BCUT2D eigenvalue weighted by molar-refractivity contribution is 8.00. The van der Waals surface area contributed by atoms with Gasteiger partial charge in [0.05, 0.1) is 38.6 Å². The maximum absolute atomic E-state index is 5.95. The highest BCUT2D eigenvalue weighted by atomic mass is 32.2. The van der Waals surface area contributed by atoms with Gasteiger partial charge in [-0.15, -0.1) is 0 Å². The molecule has 4 nitrogen and oxygen atoms in total. The Kier molecular flexibility index (Phi) is 5.82. The largest absolute Gasteiger partial charge is 0.375 e. The predicted molar refractivity (Wildman–Crippen MR) is 91.1 cm³/mol. The van der Waals surface area contributed by atoms with E-state index in [1.807, 2.05) is 0 Å². The number of hydrogen-bond donors (Lipinski definition) is 0. The minimum Gasteiger partial charge on any atom is -0.375 e. The average Bonchev–Trinajstić information content (AvgIpc) is 3.48. The summed E-state index contributed by atoms with van der Waals surface area (Å²) in [7, 11) is 0. The maximum atomic E-state index is 5.95. The zero-order valence-electron chi connectivity index (χ0n) is 14.0. The molecule has 2 unspecified atom stereocenters. The Hall–Kier alpha value is 0.190. The van der Waals surface area contributed by atoms with Crippen molar-refractivity contribution >= 4 is 11.8 Å². The fraction of sp³-hybridized carbons (Fsp3) is 1.00. The molecule has 4 fully saturated rings. The van der Waals surface area contributed by atoms with E-state index in [2.05, 4.69) is 11.8 Å². The molecular weight excluding hydrogens is 312 g/mol. The second-order valence-corrected chi connectivity index (χ2v) is 9.12.